The second-order valence-corrected chi connectivity index (χ2v) is 10.0. The molecule has 0 saturated carbocycles. The summed E-state index contributed by atoms with van der Waals surface area (Å²) in [7, 11) is 1.95. The molecule has 0 radical (unpaired) electrons. The molecule has 1 aromatic heterocycles. The predicted molar refractivity (Wildman–Crippen MR) is 132 cm³/mol. The van der Waals surface area contributed by atoms with E-state index in [9.17, 15) is 22.8 Å². The zero-order valence-electron chi connectivity index (χ0n) is 21.0. The number of ether oxygens (including phenoxy) is 1. The van der Waals surface area contributed by atoms with Crippen molar-refractivity contribution in [2.24, 2.45) is 5.92 Å². The number of benzene rings is 1. The van der Waals surface area contributed by atoms with Gasteiger partial charge in [0.15, 0.2) is 5.78 Å². The second-order valence-electron chi connectivity index (χ2n) is 10.0. The van der Waals surface area contributed by atoms with Crippen LogP contribution in [0.4, 0.5) is 29.3 Å². The molecule has 2 unspecified atom stereocenters. The molecule has 7 nitrogen and oxygen atoms in total. The van der Waals surface area contributed by atoms with E-state index in [1.54, 1.807) is 33.2 Å². The third kappa shape index (κ3) is 7.35. The number of nitrogens with one attached hydrogen (secondary N) is 1. The Hall–Kier alpha value is -3.30. The number of Topliss-reactive ketones (excluding diaryl/α,β-unsaturated/α-hetero) is 1. The van der Waals surface area contributed by atoms with Crippen molar-refractivity contribution in [1.82, 2.24) is 9.88 Å². The first-order valence-corrected chi connectivity index (χ1v) is 11.9. The molecular weight excluding hydrogens is 473 g/mol. The van der Waals surface area contributed by atoms with Crippen LogP contribution >= 0.6 is 0 Å². The van der Waals surface area contributed by atoms with Gasteiger partial charge in [-0.2, -0.15) is 13.2 Å². The summed E-state index contributed by atoms with van der Waals surface area (Å²) in [5.74, 6) is -0.271. The maximum atomic E-state index is 13.4. The first-order valence-electron chi connectivity index (χ1n) is 11.9. The van der Waals surface area contributed by atoms with E-state index >= 15 is 0 Å². The molecule has 1 N–H and O–H groups in total. The maximum Gasteiger partial charge on any atom is 0.418 e. The summed E-state index contributed by atoms with van der Waals surface area (Å²) in [5.41, 5.74) is -0.783. The molecule has 1 fully saturated rings. The summed E-state index contributed by atoms with van der Waals surface area (Å²) >= 11 is 0. The van der Waals surface area contributed by atoms with Crippen molar-refractivity contribution in [3.8, 4) is 0 Å². The van der Waals surface area contributed by atoms with Gasteiger partial charge in [-0.3, -0.25) is 14.7 Å². The van der Waals surface area contributed by atoms with Crippen LogP contribution in [0.15, 0.2) is 48.8 Å². The number of amides is 1. The van der Waals surface area contributed by atoms with Gasteiger partial charge < -0.3 is 15.0 Å². The van der Waals surface area contributed by atoms with Crippen LogP contribution in [0.25, 0.3) is 0 Å². The molecule has 2 heterocycles. The van der Waals surface area contributed by atoms with Gasteiger partial charge in [0.05, 0.1) is 18.2 Å². The number of hydrogen-bond donors (Lipinski definition) is 1. The van der Waals surface area contributed by atoms with E-state index in [-0.39, 0.29) is 23.9 Å². The Labute approximate surface area is 209 Å². The number of carbonyl (C=O) groups is 2. The molecule has 1 saturated heterocycles. The lowest BCUT2D eigenvalue weighted by Crippen LogP contribution is -2.53. The van der Waals surface area contributed by atoms with Gasteiger partial charge in [-0.05, 0) is 63.8 Å². The number of carbonyl (C=O) groups excluding carboxylic acids is 2. The molecule has 0 spiro atoms. The molecule has 0 aliphatic carbocycles. The van der Waals surface area contributed by atoms with Gasteiger partial charge in [0.2, 0.25) is 0 Å². The number of pyridine rings is 1. The van der Waals surface area contributed by atoms with Crippen LogP contribution in [0.2, 0.25) is 0 Å². The number of hydrogen-bond acceptors (Lipinski definition) is 6. The van der Waals surface area contributed by atoms with Crippen molar-refractivity contribution >= 4 is 23.3 Å². The van der Waals surface area contributed by atoms with Crippen molar-refractivity contribution < 1.29 is 27.5 Å². The molecule has 1 amide bonds. The molecule has 2 atom stereocenters. The molecule has 36 heavy (non-hydrogen) atoms. The van der Waals surface area contributed by atoms with Gasteiger partial charge in [-0.1, -0.05) is 12.1 Å². The molecule has 1 aromatic carbocycles. The predicted octanol–water partition coefficient (Wildman–Crippen LogP) is 5.23. The van der Waals surface area contributed by atoms with Gasteiger partial charge >= 0.3 is 12.3 Å². The van der Waals surface area contributed by atoms with Gasteiger partial charge in [0.1, 0.15) is 5.60 Å². The Kier molecular flexibility index (Phi) is 8.47. The summed E-state index contributed by atoms with van der Waals surface area (Å²) < 4.78 is 45.6. The minimum absolute atomic E-state index is 0.0956. The summed E-state index contributed by atoms with van der Waals surface area (Å²) in [6, 6.07) is 7.99. The number of halogens is 3. The van der Waals surface area contributed by atoms with E-state index in [1.165, 1.54) is 23.1 Å². The molecule has 1 aliphatic rings. The normalized spacial score (nSPS) is 18.5. The molecule has 2 aromatic rings. The number of piperidine rings is 1. The zero-order chi connectivity index (χ0) is 26.5. The molecule has 10 heteroatoms. The highest BCUT2D eigenvalue weighted by molar-refractivity contribution is 5.91. The number of alkyl halides is 3. The Morgan fingerprint density at radius 1 is 1.14 bits per heavy atom. The minimum Gasteiger partial charge on any atom is -0.444 e. The number of likely N-dealkylation sites (tertiary alicyclic amines) is 1. The smallest absolute Gasteiger partial charge is 0.418 e. The molecule has 0 bridgehead atoms. The summed E-state index contributed by atoms with van der Waals surface area (Å²) in [6.45, 7) is 5.86. The van der Waals surface area contributed by atoms with E-state index in [1.807, 2.05) is 19.2 Å². The highest BCUT2D eigenvalue weighted by Crippen LogP contribution is 2.34. The highest BCUT2D eigenvalue weighted by Gasteiger charge is 2.39. The Morgan fingerprint density at radius 2 is 1.81 bits per heavy atom. The first-order chi connectivity index (χ1) is 16.8. The second kappa shape index (κ2) is 11.2. The highest BCUT2D eigenvalue weighted by atomic mass is 19.4. The van der Waals surface area contributed by atoms with E-state index in [0.717, 1.165) is 11.8 Å². The van der Waals surface area contributed by atoms with E-state index < -0.39 is 29.5 Å². The fourth-order valence-electron chi connectivity index (χ4n) is 4.32. The van der Waals surface area contributed by atoms with Crippen LogP contribution in [-0.4, -0.2) is 60.1 Å². The SMILES string of the molecule is CN(CC1CCN(C(=O)OC(C)(C)C)C(C(=O)CNc2ccccc2C(F)(F)F)C1)c1ccncc1. The number of nitrogens with zero attached hydrogens (tertiary/aromatic N) is 3. The van der Waals surface area contributed by atoms with E-state index in [2.05, 4.69) is 15.2 Å². The first kappa shape index (κ1) is 27.3. The fourth-order valence-corrected chi connectivity index (χ4v) is 4.32. The molecule has 3 rings (SSSR count). The average molecular weight is 507 g/mol. The number of anilines is 2. The van der Waals surface area contributed by atoms with Crippen LogP contribution in [0.5, 0.6) is 0 Å². The van der Waals surface area contributed by atoms with Gasteiger partial charge in [0.25, 0.3) is 0 Å². The van der Waals surface area contributed by atoms with Crippen molar-refractivity contribution in [3.63, 3.8) is 0 Å². The minimum atomic E-state index is -4.55. The third-order valence-electron chi connectivity index (χ3n) is 6.03. The van der Waals surface area contributed by atoms with Crippen molar-refractivity contribution in [3.05, 3.63) is 54.4 Å². The molecular formula is C26H33F3N4O3. The lowest BCUT2D eigenvalue weighted by atomic mass is 9.88. The van der Waals surface area contributed by atoms with Crippen LogP contribution in [0.3, 0.4) is 0 Å². The Bertz CT molecular complexity index is 1040. The quantitative estimate of drug-likeness (QED) is 0.554. The number of para-hydroxylation sites is 1. The summed E-state index contributed by atoms with van der Waals surface area (Å²) in [4.78, 5) is 33.7. The Balaban J connectivity index is 1.75. The van der Waals surface area contributed by atoms with Crippen molar-refractivity contribution in [1.29, 1.82) is 0 Å². The topological polar surface area (TPSA) is 74.8 Å². The van der Waals surface area contributed by atoms with E-state index in [0.29, 0.717) is 25.9 Å². The van der Waals surface area contributed by atoms with Gasteiger partial charge in [-0.15, -0.1) is 0 Å². The zero-order valence-corrected chi connectivity index (χ0v) is 21.0. The third-order valence-corrected chi connectivity index (χ3v) is 6.03. The van der Waals surface area contributed by atoms with Gasteiger partial charge in [-0.25, -0.2) is 4.79 Å². The molecule has 196 valence electrons. The lowest BCUT2D eigenvalue weighted by Gasteiger charge is -2.40. The van der Waals surface area contributed by atoms with Gasteiger partial charge in [0, 0.05) is 43.9 Å². The van der Waals surface area contributed by atoms with Crippen molar-refractivity contribution in [2.45, 2.75) is 51.4 Å². The number of rotatable bonds is 7. The molecule has 1 aliphatic heterocycles. The summed E-state index contributed by atoms with van der Waals surface area (Å²) in [6.07, 6.45) is -0.694. The lowest BCUT2D eigenvalue weighted by molar-refractivity contribution is -0.137. The van der Waals surface area contributed by atoms with E-state index in [4.69, 9.17) is 4.74 Å². The standard InChI is InChI=1S/C26H33F3N4O3/c1-25(2,3)36-24(35)33-14-11-18(17-32(4)19-9-12-30-13-10-19)15-22(33)23(34)16-31-21-8-6-5-7-20(21)26(27,28)29/h5-10,12-13,18,22,31H,11,14-17H2,1-4H3. The van der Waals surface area contributed by atoms with Crippen LogP contribution < -0.4 is 10.2 Å². The number of aromatic nitrogens is 1. The maximum absolute atomic E-state index is 13.4. The monoisotopic (exact) mass is 506 g/mol. The van der Waals surface area contributed by atoms with Crippen LogP contribution in [0.1, 0.15) is 39.2 Å². The van der Waals surface area contributed by atoms with Crippen LogP contribution in [0, 0.1) is 5.92 Å². The van der Waals surface area contributed by atoms with Crippen molar-refractivity contribution in [2.75, 3.05) is 36.9 Å². The largest absolute Gasteiger partial charge is 0.444 e. The van der Waals surface area contributed by atoms with Crippen LogP contribution in [-0.2, 0) is 15.7 Å². The number of ketones is 1. The summed E-state index contributed by atoms with van der Waals surface area (Å²) in [5, 5.41) is 2.64. The average Bonchev–Trinajstić information content (AvgIpc) is 2.81. The Morgan fingerprint density at radius 3 is 2.44 bits per heavy atom. The fraction of sp³-hybridized carbons (Fsp3) is 0.500.